The topological polar surface area (TPSA) is 72.9 Å². The maximum Gasteiger partial charge on any atom is 0.308 e. The van der Waals surface area contributed by atoms with Crippen LogP contribution < -0.4 is 4.74 Å². The first-order valence-electron chi connectivity index (χ1n) is 6.71. The fourth-order valence-electron chi connectivity index (χ4n) is 2.41. The molecule has 1 aromatic carbocycles. The summed E-state index contributed by atoms with van der Waals surface area (Å²) < 4.78 is 36.3. The van der Waals surface area contributed by atoms with E-state index in [4.69, 9.17) is 9.47 Å². The number of esters is 1. The van der Waals surface area contributed by atoms with E-state index >= 15 is 0 Å². The molecule has 1 aliphatic rings. The van der Waals surface area contributed by atoms with Crippen LogP contribution in [0.3, 0.4) is 0 Å². The molecule has 1 saturated heterocycles. The second-order valence-corrected chi connectivity index (χ2v) is 6.82. The molecule has 1 aliphatic heterocycles. The van der Waals surface area contributed by atoms with Gasteiger partial charge in [0.05, 0.1) is 25.0 Å². The molecule has 0 N–H and O–H groups in total. The molecule has 7 heteroatoms. The predicted octanol–water partition coefficient (Wildman–Crippen LogP) is 1.27. The lowest BCUT2D eigenvalue weighted by Gasteiger charge is -2.29. The zero-order valence-corrected chi connectivity index (χ0v) is 12.9. The number of methoxy groups -OCH3 is 2. The molecule has 0 amide bonds. The van der Waals surface area contributed by atoms with Crippen molar-refractivity contribution in [3.05, 3.63) is 24.3 Å². The number of rotatable bonds is 4. The number of nitrogens with zero attached hydrogens (tertiary/aromatic N) is 1. The third kappa shape index (κ3) is 3.36. The van der Waals surface area contributed by atoms with Gasteiger partial charge in [-0.2, -0.15) is 4.31 Å². The molecule has 0 aromatic heterocycles. The van der Waals surface area contributed by atoms with Crippen LogP contribution in [0, 0.1) is 5.92 Å². The lowest BCUT2D eigenvalue weighted by atomic mass is 9.99. The highest BCUT2D eigenvalue weighted by Gasteiger charge is 2.32. The van der Waals surface area contributed by atoms with Crippen molar-refractivity contribution in [1.29, 1.82) is 0 Å². The maximum atomic E-state index is 12.6. The largest absolute Gasteiger partial charge is 0.497 e. The Balaban J connectivity index is 2.12. The standard InChI is InChI=1S/C14H19NO5S/c1-19-12-4-3-5-13(10-12)21(17,18)15-8-6-11(7-9-15)14(16)20-2/h3-5,10-11H,6-9H2,1-2H3. The SMILES string of the molecule is COC(=O)C1CCN(S(=O)(=O)c2cccc(OC)c2)CC1. The second-order valence-electron chi connectivity index (χ2n) is 4.88. The summed E-state index contributed by atoms with van der Waals surface area (Å²) in [5.74, 6) is 0.0145. The van der Waals surface area contributed by atoms with Crippen LogP contribution in [-0.2, 0) is 19.6 Å². The van der Waals surface area contributed by atoms with Crippen LogP contribution in [0.2, 0.25) is 0 Å². The van der Waals surface area contributed by atoms with Gasteiger partial charge in [-0.1, -0.05) is 6.07 Å². The smallest absolute Gasteiger partial charge is 0.308 e. The summed E-state index contributed by atoms with van der Waals surface area (Å²) in [4.78, 5) is 11.7. The molecule has 0 atom stereocenters. The first kappa shape index (κ1) is 15.8. The van der Waals surface area contributed by atoms with Crippen molar-refractivity contribution in [2.75, 3.05) is 27.3 Å². The monoisotopic (exact) mass is 313 g/mol. The van der Waals surface area contributed by atoms with Gasteiger partial charge in [-0.3, -0.25) is 4.79 Å². The Morgan fingerprint density at radius 1 is 1.24 bits per heavy atom. The number of sulfonamides is 1. The van der Waals surface area contributed by atoms with E-state index in [9.17, 15) is 13.2 Å². The average Bonchev–Trinajstić information content (AvgIpc) is 2.54. The predicted molar refractivity (Wildman–Crippen MR) is 76.5 cm³/mol. The number of benzene rings is 1. The Labute approximate surface area is 124 Å². The van der Waals surface area contributed by atoms with Gasteiger partial charge in [0.1, 0.15) is 5.75 Å². The van der Waals surface area contributed by atoms with Gasteiger partial charge >= 0.3 is 5.97 Å². The van der Waals surface area contributed by atoms with Crippen LogP contribution in [-0.4, -0.2) is 46.0 Å². The van der Waals surface area contributed by atoms with Gasteiger partial charge in [0.25, 0.3) is 0 Å². The van der Waals surface area contributed by atoms with Crippen molar-refractivity contribution in [2.45, 2.75) is 17.7 Å². The molecular weight excluding hydrogens is 294 g/mol. The Morgan fingerprint density at radius 2 is 1.90 bits per heavy atom. The van der Waals surface area contributed by atoms with Gasteiger partial charge in [-0.25, -0.2) is 8.42 Å². The zero-order chi connectivity index (χ0) is 15.5. The summed E-state index contributed by atoms with van der Waals surface area (Å²) in [7, 11) is -0.707. The number of hydrogen-bond acceptors (Lipinski definition) is 5. The van der Waals surface area contributed by atoms with Crippen LogP contribution in [0.15, 0.2) is 29.2 Å². The molecule has 0 unspecified atom stereocenters. The fraction of sp³-hybridized carbons (Fsp3) is 0.500. The Hall–Kier alpha value is -1.60. The lowest BCUT2D eigenvalue weighted by molar-refractivity contribution is -0.146. The first-order chi connectivity index (χ1) is 9.98. The van der Waals surface area contributed by atoms with Gasteiger partial charge in [0.2, 0.25) is 10.0 Å². The van der Waals surface area contributed by atoms with E-state index in [2.05, 4.69) is 0 Å². The molecule has 0 spiro atoms. The number of piperidine rings is 1. The molecule has 1 aromatic rings. The highest BCUT2D eigenvalue weighted by molar-refractivity contribution is 7.89. The molecule has 21 heavy (non-hydrogen) atoms. The highest BCUT2D eigenvalue weighted by atomic mass is 32.2. The molecule has 0 saturated carbocycles. The van der Waals surface area contributed by atoms with E-state index in [1.807, 2.05) is 0 Å². The molecule has 1 fully saturated rings. The second kappa shape index (κ2) is 6.44. The Morgan fingerprint density at radius 3 is 2.48 bits per heavy atom. The zero-order valence-electron chi connectivity index (χ0n) is 12.1. The third-order valence-electron chi connectivity index (χ3n) is 3.67. The summed E-state index contributed by atoms with van der Waals surface area (Å²) in [6.07, 6.45) is 0.964. The van der Waals surface area contributed by atoms with E-state index in [1.54, 1.807) is 18.2 Å². The van der Waals surface area contributed by atoms with Gasteiger partial charge in [-0.05, 0) is 25.0 Å². The minimum absolute atomic E-state index is 0.207. The summed E-state index contributed by atoms with van der Waals surface area (Å²) in [6, 6.07) is 6.39. The van der Waals surface area contributed by atoms with Crippen LogP contribution in [0.25, 0.3) is 0 Å². The van der Waals surface area contributed by atoms with Crippen LogP contribution in [0.5, 0.6) is 5.75 Å². The molecule has 2 rings (SSSR count). The number of ether oxygens (including phenoxy) is 2. The van der Waals surface area contributed by atoms with Crippen molar-refractivity contribution < 1.29 is 22.7 Å². The van der Waals surface area contributed by atoms with Crippen molar-refractivity contribution >= 4 is 16.0 Å². The summed E-state index contributed by atoms with van der Waals surface area (Å²) in [6.45, 7) is 0.638. The summed E-state index contributed by atoms with van der Waals surface area (Å²) in [5, 5.41) is 0. The van der Waals surface area contributed by atoms with E-state index in [-0.39, 0.29) is 16.8 Å². The Bertz CT molecular complexity index is 606. The minimum Gasteiger partial charge on any atom is -0.497 e. The molecule has 0 bridgehead atoms. The third-order valence-corrected chi connectivity index (χ3v) is 5.56. The number of carbonyl (C=O) groups is 1. The molecule has 1 heterocycles. The van der Waals surface area contributed by atoms with E-state index in [0.717, 1.165) is 0 Å². The molecule has 0 radical (unpaired) electrons. The average molecular weight is 313 g/mol. The Kier molecular flexibility index (Phi) is 4.84. The fourth-order valence-corrected chi connectivity index (χ4v) is 3.91. The van der Waals surface area contributed by atoms with Crippen molar-refractivity contribution in [3.8, 4) is 5.75 Å². The van der Waals surface area contributed by atoms with E-state index < -0.39 is 10.0 Å². The van der Waals surface area contributed by atoms with Gasteiger partial charge in [0.15, 0.2) is 0 Å². The molecule has 6 nitrogen and oxygen atoms in total. The van der Waals surface area contributed by atoms with E-state index in [0.29, 0.717) is 31.7 Å². The van der Waals surface area contributed by atoms with Crippen LogP contribution >= 0.6 is 0 Å². The maximum absolute atomic E-state index is 12.6. The lowest BCUT2D eigenvalue weighted by Crippen LogP contribution is -2.40. The summed E-state index contributed by atoms with van der Waals surface area (Å²) in [5.41, 5.74) is 0. The van der Waals surface area contributed by atoms with Crippen molar-refractivity contribution in [1.82, 2.24) is 4.31 Å². The quantitative estimate of drug-likeness (QED) is 0.783. The van der Waals surface area contributed by atoms with Gasteiger partial charge < -0.3 is 9.47 Å². The number of hydrogen-bond donors (Lipinski definition) is 0. The van der Waals surface area contributed by atoms with Crippen LogP contribution in [0.1, 0.15) is 12.8 Å². The van der Waals surface area contributed by atoms with Gasteiger partial charge in [-0.15, -0.1) is 0 Å². The van der Waals surface area contributed by atoms with Crippen molar-refractivity contribution in [3.63, 3.8) is 0 Å². The number of carbonyl (C=O) groups excluding carboxylic acids is 1. The molecule has 116 valence electrons. The normalized spacial score (nSPS) is 17.4. The van der Waals surface area contributed by atoms with Gasteiger partial charge in [0, 0.05) is 19.2 Å². The summed E-state index contributed by atoms with van der Waals surface area (Å²) >= 11 is 0. The van der Waals surface area contributed by atoms with Crippen molar-refractivity contribution in [2.24, 2.45) is 5.92 Å². The van der Waals surface area contributed by atoms with E-state index in [1.165, 1.54) is 24.6 Å². The molecule has 0 aliphatic carbocycles. The van der Waals surface area contributed by atoms with Crippen LogP contribution in [0.4, 0.5) is 0 Å². The molecular formula is C14H19NO5S. The first-order valence-corrected chi connectivity index (χ1v) is 8.15. The highest BCUT2D eigenvalue weighted by Crippen LogP contribution is 2.26. The minimum atomic E-state index is -3.55.